The molecule has 7 nitrogen and oxygen atoms in total. The van der Waals surface area contributed by atoms with Gasteiger partial charge in [-0.25, -0.2) is 18.9 Å². The van der Waals surface area contributed by atoms with Crippen LogP contribution in [-0.4, -0.2) is 36.0 Å². The van der Waals surface area contributed by atoms with Crippen LogP contribution in [0.15, 0.2) is 60.8 Å². The maximum atomic E-state index is 14.1. The Morgan fingerprint density at radius 3 is 2.77 bits per heavy atom. The molecule has 5 rings (SSSR count). The van der Waals surface area contributed by atoms with Gasteiger partial charge in [-0.3, -0.25) is 4.98 Å². The van der Waals surface area contributed by atoms with Gasteiger partial charge in [-0.2, -0.15) is 0 Å². The third-order valence-corrected chi connectivity index (χ3v) is 5.14. The van der Waals surface area contributed by atoms with Crippen molar-refractivity contribution in [3.63, 3.8) is 0 Å². The molecular formula is C23H16FN5O2. The number of hydrogen-bond donors (Lipinski definition) is 1. The second-order valence-corrected chi connectivity index (χ2v) is 7.28. The van der Waals surface area contributed by atoms with Crippen LogP contribution in [0.1, 0.15) is 21.5 Å². The Kier molecular flexibility index (Phi) is 4.39. The smallest absolute Gasteiger partial charge is 0.338 e. The third kappa shape index (κ3) is 3.38. The molecule has 152 valence electrons. The molecule has 0 aliphatic rings. The summed E-state index contributed by atoms with van der Waals surface area (Å²) < 4.78 is 15.8. The Morgan fingerprint density at radius 1 is 1.10 bits per heavy atom. The molecule has 0 radical (unpaired) electrons. The summed E-state index contributed by atoms with van der Waals surface area (Å²) in [5, 5.41) is 18.7. The van der Waals surface area contributed by atoms with Crippen molar-refractivity contribution in [1.82, 2.24) is 25.0 Å². The molecular weight excluding hydrogens is 397 g/mol. The number of aromatic carboxylic acids is 1. The van der Waals surface area contributed by atoms with Crippen LogP contribution < -0.4 is 0 Å². The molecule has 1 N–H and O–H groups in total. The highest BCUT2D eigenvalue weighted by Gasteiger charge is 2.16. The number of nitrogens with zero attached hydrogens (tertiary/aromatic N) is 5. The fourth-order valence-corrected chi connectivity index (χ4v) is 3.59. The first-order valence-corrected chi connectivity index (χ1v) is 9.57. The average Bonchev–Trinajstić information content (AvgIpc) is 3.17. The number of halogens is 1. The van der Waals surface area contributed by atoms with Crippen molar-refractivity contribution in [2.45, 2.75) is 13.5 Å². The largest absolute Gasteiger partial charge is 0.478 e. The van der Waals surface area contributed by atoms with Crippen LogP contribution in [0.3, 0.4) is 0 Å². The Balaban J connectivity index is 1.56. The van der Waals surface area contributed by atoms with E-state index in [0.29, 0.717) is 29.0 Å². The molecule has 8 heteroatoms. The van der Waals surface area contributed by atoms with Gasteiger partial charge in [0, 0.05) is 17.1 Å². The van der Waals surface area contributed by atoms with E-state index in [4.69, 9.17) is 0 Å². The standard InChI is InChI=1S/C23H16FN5O2/c1-13-9-16(11-17(21(13)24)23(30)31)19-6-7-20-22(26-19)29(28-27-20)12-14-4-5-18-15(10-14)3-2-8-25-18/h2-11H,12H2,1H3,(H,30,31). The number of carboxylic acids is 1. The van der Waals surface area contributed by atoms with Crippen LogP contribution in [0.2, 0.25) is 0 Å². The molecule has 5 aromatic rings. The number of aromatic nitrogens is 5. The molecule has 0 fully saturated rings. The maximum Gasteiger partial charge on any atom is 0.338 e. The predicted molar refractivity (Wildman–Crippen MR) is 113 cm³/mol. The van der Waals surface area contributed by atoms with Crippen molar-refractivity contribution in [1.29, 1.82) is 0 Å². The zero-order chi connectivity index (χ0) is 21.5. The number of aryl methyl sites for hydroxylation is 1. The Bertz CT molecular complexity index is 1480. The highest BCUT2D eigenvalue weighted by molar-refractivity contribution is 5.90. The normalized spacial score (nSPS) is 11.3. The lowest BCUT2D eigenvalue weighted by molar-refractivity contribution is 0.0691. The summed E-state index contributed by atoms with van der Waals surface area (Å²) in [7, 11) is 0. The van der Waals surface area contributed by atoms with Crippen LogP contribution in [0, 0.1) is 12.7 Å². The second kappa shape index (κ2) is 7.24. The molecule has 2 aromatic carbocycles. The number of rotatable bonds is 4. The molecule has 31 heavy (non-hydrogen) atoms. The number of fused-ring (bicyclic) bond motifs is 2. The van der Waals surface area contributed by atoms with Gasteiger partial charge in [-0.15, -0.1) is 5.10 Å². The van der Waals surface area contributed by atoms with Crippen molar-refractivity contribution in [3.05, 3.63) is 83.3 Å². The highest BCUT2D eigenvalue weighted by Crippen LogP contribution is 2.25. The van der Waals surface area contributed by atoms with E-state index in [2.05, 4.69) is 20.3 Å². The summed E-state index contributed by atoms with van der Waals surface area (Å²) >= 11 is 0. The van der Waals surface area contributed by atoms with Crippen LogP contribution in [0.4, 0.5) is 4.39 Å². The monoisotopic (exact) mass is 413 g/mol. The lowest BCUT2D eigenvalue weighted by Gasteiger charge is -2.08. The topological polar surface area (TPSA) is 93.8 Å². The molecule has 0 saturated carbocycles. The van der Waals surface area contributed by atoms with E-state index in [0.717, 1.165) is 16.5 Å². The Morgan fingerprint density at radius 2 is 1.94 bits per heavy atom. The highest BCUT2D eigenvalue weighted by atomic mass is 19.1. The zero-order valence-electron chi connectivity index (χ0n) is 16.5. The maximum absolute atomic E-state index is 14.1. The van der Waals surface area contributed by atoms with Gasteiger partial charge in [0.1, 0.15) is 11.3 Å². The minimum absolute atomic E-state index is 0.244. The zero-order valence-corrected chi connectivity index (χ0v) is 16.5. The second-order valence-electron chi connectivity index (χ2n) is 7.28. The van der Waals surface area contributed by atoms with Crippen molar-refractivity contribution in [2.24, 2.45) is 0 Å². The molecule has 0 spiro atoms. The quantitative estimate of drug-likeness (QED) is 0.474. The van der Waals surface area contributed by atoms with Gasteiger partial charge >= 0.3 is 5.97 Å². The Hall–Kier alpha value is -4.20. The summed E-state index contributed by atoms with van der Waals surface area (Å²) in [5.41, 5.74) is 4.00. The summed E-state index contributed by atoms with van der Waals surface area (Å²) in [4.78, 5) is 20.4. The summed E-state index contributed by atoms with van der Waals surface area (Å²) in [6, 6.07) is 16.2. The lowest BCUT2D eigenvalue weighted by atomic mass is 10.0. The minimum Gasteiger partial charge on any atom is -0.478 e. The molecule has 0 amide bonds. The van der Waals surface area contributed by atoms with E-state index in [1.165, 1.54) is 13.0 Å². The Labute approximate surface area is 175 Å². The summed E-state index contributed by atoms with van der Waals surface area (Å²) in [5.74, 6) is -2.06. The molecule has 0 saturated heterocycles. The number of benzene rings is 2. The van der Waals surface area contributed by atoms with Gasteiger partial charge in [0.2, 0.25) is 0 Å². The number of pyridine rings is 2. The van der Waals surface area contributed by atoms with Gasteiger partial charge in [0.05, 0.1) is 23.3 Å². The molecule has 3 heterocycles. The van der Waals surface area contributed by atoms with Crippen molar-refractivity contribution >= 4 is 28.0 Å². The van der Waals surface area contributed by atoms with Gasteiger partial charge in [0.15, 0.2) is 5.65 Å². The van der Waals surface area contributed by atoms with Crippen LogP contribution >= 0.6 is 0 Å². The SMILES string of the molecule is Cc1cc(-c2ccc3nnn(Cc4ccc5ncccc5c4)c3n2)cc(C(=O)O)c1F. The molecule has 0 aliphatic heterocycles. The van der Waals surface area contributed by atoms with Crippen molar-refractivity contribution in [3.8, 4) is 11.3 Å². The van der Waals surface area contributed by atoms with Crippen molar-refractivity contribution in [2.75, 3.05) is 0 Å². The number of carboxylic acid groups (broad SMARTS) is 1. The van der Waals surface area contributed by atoms with E-state index in [1.807, 2.05) is 30.3 Å². The average molecular weight is 413 g/mol. The van der Waals surface area contributed by atoms with Crippen LogP contribution in [0.5, 0.6) is 0 Å². The molecule has 0 unspecified atom stereocenters. The fraction of sp³-hybridized carbons (Fsp3) is 0.0870. The predicted octanol–water partition coefficient (Wildman–Crippen LogP) is 4.24. The van der Waals surface area contributed by atoms with E-state index in [9.17, 15) is 14.3 Å². The fourth-order valence-electron chi connectivity index (χ4n) is 3.59. The van der Waals surface area contributed by atoms with Crippen LogP contribution in [-0.2, 0) is 6.54 Å². The molecule has 0 bridgehead atoms. The van der Waals surface area contributed by atoms with Gasteiger partial charge < -0.3 is 5.11 Å². The first kappa shape index (κ1) is 18.8. The summed E-state index contributed by atoms with van der Waals surface area (Å²) in [6.45, 7) is 1.99. The molecule has 3 aromatic heterocycles. The van der Waals surface area contributed by atoms with E-state index < -0.39 is 11.8 Å². The van der Waals surface area contributed by atoms with E-state index in [-0.39, 0.29) is 11.1 Å². The molecule has 0 atom stereocenters. The van der Waals surface area contributed by atoms with Gasteiger partial charge in [0.25, 0.3) is 0 Å². The number of carbonyl (C=O) groups is 1. The van der Waals surface area contributed by atoms with E-state index >= 15 is 0 Å². The van der Waals surface area contributed by atoms with Crippen molar-refractivity contribution < 1.29 is 14.3 Å². The minimum atomic E-state index is -1.32. The van der Waals surface area contributed by atoms with Gasteiger partial charge in [-0.1, -0.05) is 17.3 Å². The van der Waals surface area contributed by atoms with E-state index in [1.54, 1.807) is 29.1 Å². The summed E-state index contributed by atoms with van der Waals surface area (Å²) in [6.07, 6.45) is 1.76. The molecule has 0 aliphatic carbocycles. The first-order chi connectivity index (χ1) is 15.0. The van der Waals surface area contributed by atoms with Gasteiger partial charge in [-0.05, 0) is 60.5 Å². The lowest BCUT2D eigenvalue weighted by Crippen LogP contribution is -2.04. The number of hydrogen-bond acceptors (Lipinski definition) is 5. The van der Waals surface area contributed by atoms with Crippen LogP contribution in [0.25, 0.3) is 33.3 Å². The third-order valence-electron chi connectivity index (χ3n) is 5.14. The first-order valence-electron chi connectivity index (χ1n) is 9.57.